The van der Waals surface area contributed by atoms with Crippen LogP contribution in [0.3, 0.4) is 0 Å². The van der Waals surface area contributed by atoms with E-state index >= 15 is 0 Å². The van der Waals surface area contributed by atoms with Gasteiger partial charge in [-0.05, 0) is 29.7 Å². The third-order valence-electron chi connectivity index (χ3n) is 4.57. The minimum absolute atomic E-state index is 0. The molecule has 1 unspecified atom stereocenters. The number of hydrogen-bond donors (Lipinski definition) is 1. The minimum Gasteiger partial charge on any atom is -0.351 e. The fourth-order valence-electron chi connectivity index (χ4n) is 2.62. The summed E-state index contributed by atoms with van der Waals surface area (Å²) in [6.45, 7) is 7.52. The Morgan fingerprint density at radius 2 is 2.25 bits per heavy atom. The molecule has 1 aliphatic heterocycles. The number of likely N-dealkylation sites (tertiary alicyclic amines) is 1. The molecule has 1 atom stereocenters. The van der Waals surface area contributed by atoms with Gasteiger partial charge in [-0.1, -0.05) is 19.9 Å². The van der Waals surface area contributed by atoms with E-state index in [0.29, 0.717) is 5.41 Å². The average molecular weight is 464 g/mol. The van der Waals surface area contributed by atoms with Gasteiger partial charge in [-0.3, -0.25) is 4.79 Å². The lowest BCUT2D eigenvalue weighted by Gasteiger charge is -2.25. The second kappa shape index (κ2) is 9.60. The van der Waals surface area contributed by atoms with Crippen LogP contribution in [0.15, 0.2) is 22.5 Å². The highest BCUT2D eigenvalue weighted by Crippen LogP contribution is 2.32. The molecule has 136 valence electrons. The van der Waals surface area contributed by atoms with Gasteiger partial charge in [-0.25, -0.2) is 4.99 Å². The van der Waals surface area contributed by atoms with E-state index in [2.05, 4.69) is 46.6 Å². The van der Waals surface area contributed by atoms with E-state index in [9.17, 15) is 4.79 Å². The van der Waals surface area contributed by atoms with Crippen LogP contribution in [0.2, 0.25) is 0 Å². The number of likely N-dealkylation sites (N-methyl/N-ethyl adjacent to an activating group) is 1. The predicted molar refractivity (Wildman–Crippen MR) is 112 cm³/mol. The van der Waals surface area contributed by atoms with Crippen molar-refractivity contribution in [1.82, 2.24) is 15.1 Å². The molecule has 1 aromatic rings. The Hall–Kier alpha value is -0.830. The first-order valence-corrected chi connectivity index (χ1v) is 9.07. The number of aliphatic imine (C=N–C) groups is 1. The number of rotatable bonds is 5. The molecule has 0 radical (unpaired) electrons. The molecule has 7 heteroatoms. The van der Waals surface area contributed by atoms with Crippen molar-refractivity contribution in [3.05, 3.63) is 22.4 Å². The van der Waals surface area contributed by atoms with Gasteiger partial charge >= 0.3 is 0 Å². The minimum atomic E-state index is 0. The average Bonchev–Trinajstić information content (AvgIpc) is 3.17. The molecule has 2 rings (SSSR count). The van der Waals surface area contributed by atoms with Crippen molar-refractivity contribution in [3.8, 4) is 0 Å². The van der Waals surface area contributed by atoms with Crippen molar-refractivity contribution in [1.29, 1.82) is 0 Å². The van der Waals surface area contributed by atoms with Gasteiger partial charge in [-0.15, -0.1) is 35.3 Å². The van der Waals surface area contributed by atoms with Gasteiger partial charge in [0.15, 0.2) is 5.96 Å². The number of thiophene rings is 1. The largest absolute Gasteiger partial charge is 0.351 e. The first-order chi connectivity index (χ1) is 10.9. The lowest BCUT2D eigenvalue weighted by atomic mass is 9.87. The van der Waals surface area contributed by atoms with Crippen LogP contribution in [0.25, 0.3) is 0 Å². The summed E-state index contributed by atoms with van der Waals surface area (Å²) in [4.78, 5) is 21.6. The van der Waals surface area contributed by atoms with Crippen LogP contribution in [0.4, 0.5) is 0 Å². The van der Waals surface area contributed by atoms with Crippen molar-refractivity contribution < 1.29 is 4.79 Å². The van der Waals surface area contributed by atoms with E-state index in [1.165, 1.54) is 17.7 Å². The zero-order chi connectivity index (χ0) is 16.9. The third kappa shape index (κ3) is 5.91. The van der Waals surface area contributed by atoms with Gasteiger partial charge in [0, 0.05) is 32.1 Å². The molecule has 1 aliphatic rings. The van der Waals surface area contributed by atoms with Gasteiger partial charge < -0.3 is 15.1 Å². The topological polar surface area (TPSA) is 47.9 Å². The summed E-state index contributed by atoms with van der Waals surface area (Å²) in [5, 5.41) is 5.51. The lowest BCUT2D eigenvalue weighted by Crippen LogP contribution is -2.41. The lowest BCUT2D eigenvalue weighted by molar-refractivity contribution is -0.127. The normalized spacial score (nSPS) is 20.7. The van der Waals surface area contributed by atoms with Crippen LogP contribution in [0, 0.1) is 5.41 Å². The maximum atomic E-state index is 11.9. The van der Waals surface area contributed by atoms with Crippen molar-refractivity contribution in [2.75, 3.05) is 33.7 Å². The van der Waals surface area contributed by atoms with Crippen LogP contribution >= 0.6 is 35.3 Å². The van der Waals surface area contributed by atoms with E-state index in [0.717, 1.165) is 25.6 Å². The number of amides is 1. The molecule has 1 N–H and O–H groups in total. The number of nitrogens with zero attached hydrogens (tertiary/aromatic N) is 3. The summed E-state index contributed by atoms with van der Waals surface area (Å²) in [5.74, 6) is 0.878. The number of hydrogen-bond acceptors (Lipinski definition) is 3. The molecule has 0 aromatic carbocycles. The zero-order valence-electron chi connectivity index (χ0n) is 15.0. The molecule has 0 spiro atoms. The van der Waals surface area contributed by atoms with E-state index in [1.54, 1.807) is 30.3 Å². The number of guanidine groups is 1. The van der Waals surface area contributed by atoms with Gasteiger partial charge in [-0.2, -0.15) is 0 Å². The third-order valence-corrected chi connectivity index (χ3v) is 5.45. The molecule has 0 saturated carbocycles. The molecule has 1 aromatic heterocycles. The molecule has 1 amide bonds. The quantitative estimate of drug-likeness (QED) is 0.414. The molecule has 1 saturated heterocycles. The highest BCUT2D eigenvalue weighted by Gasteiger charge is 2.33. The van der Waals surface area contributed by atoms with E-state index in [4.69, 9.17) is 0 Å². The first kappa shape index (κ1) is 21.2. The maximum Gasteiger partial charge on any atom is 0.243 e. The first-order valence-electron chi connectivity index (χ1n) is 8.19. The smallest absolute Gasteiger partial charge is 0.243 e. The summed E-state index contributed by atoms with van der Waals surface area (Å²) in [7, 11) is 3.53. The highest BCUT2D eigenvalue weighted by atomic mass is 127. The summed E-state index contributed by atoms with van der Waals surface area (Å²) >= 11 is 1.73. The Balaban J connectivity index is 0.00000288. The Kier molecular flexibility index (Phi) is 8.49. The summed E-state index contributed by atoms with van der Waals surface area (Å²) in [5.41, 5.74) is 0.344. The van der Waals surface area contributed by atoms with Crippen LogP contribution in [0.5, 0.6) is 0 Å². The van der Waals surface area contributed by atoms with Crippen LogP contribution in [-0.4, -0.2) is 55.4 Å². The molecular formula is C17H29IN4OS. The van der Waals surface area contributed by atoms with Gasteiger partial charge in [0.1, 0.15) is 6.54 Å². The van der Waals surface area contributed by atoms with Crippen LogP contribution in [0.1, 0.15) is 31.6 Å². The van der Waals surface area contributed by atoms with Gasteiger partial charge in [0.25, 0.3) is 0 Å². The summed E-state index contributed by atoms with van der Waals surface area (Å²) in [6.07, 6.45) is 2.34. The molecule has 5 nitrogen and oxygen atoms in total. The Morgan fingerprint density at radius 3 is 2.79 bits per heavy atom. The second-order valence-electron chi connectivity index (χ2n) is 6.70. The predicted octanol–water partition coefficient (Wildman–Crippen LogP) is 3.02. The molecule has 24 heavy (non-hydrogen) atoms. The Morgan fingerprint density at radius 1 is 1.50 bits per heavy atom. The molecule has 0 aliphatic carbocycles. The fourth-order valence-corrected chi connectivity index (χ4v) is 3.27. The van der Waals surface area contributed by atoms with Gasteiger partial charge in [0.2, 0.25) is 5.91 Å². The van der Waals surface area contributed by atoms with Crippen molar-refractivity contribution in [3.63, 3.8) is 0 Å². The standard InChI is InChI=1S/C17H28N4OS.HI/c1-5-17(2)8-9-21(13-17)16(19-12-15(22)20(3)4)18-11-14-7-6-10-23-14;/h6-7,10H,5,8-9,11-13H2,1-4H3,(H,18,19);1H. The summed E-state index contributed by atoms with van der Waals surface area (Å²) < 4.78 is 0. The maximum absolute atomic E-state index is 11.9. The van der Waals surface area contributed by atoms with E-state index in [-0.39, 0.29) is 36.4 Å². The van der Waals surface area contributed by atoms with Crippen LogP contribution in [-0.2, 0) is 11.3 Å². The zero-order valence-corrected chi connectivity index (χ0v) is 18.2. The number of halogens is 1. The number of nitrogens with one attached hydrogen (secondary N) is 1. The van der Waals surface area contributed by atoms with E-state index < -0.39 is 0 Å². The molecule has 0 bridgehead atoms. The SMILES string of the molecule is CCC1(C)CCN(C(=NCC(=O)N(C)C)NCc2cccs2)C1.I. The van der Waals surface area contributed by atoms with Crippen molar-refractivity contribution in [2.24, 2.45) is 10.4 Å². The summed E-state index contributed by atoms with van der Waals surface area (Å²) in [6, 6.07) is 4.17. The van der Waals surface area contributed by atoms with Crippen molar-refractivity contribution >= 4 is 47.2 Å². The highest BCUT2D eigenvalue weighted by molar-refractivity contribution is 14.0. The van der Waals surface area contributed by atoms with E-state index in [1.807, 2.05) is 0 Å². The van der Waals surface area contributed by atoms with Crippen LogP contribution < -0.4 is 5.32 Å². The second-order valence-corrected chi connectivity index (χ2v) is 7.73. The molecular weight excluding hydrogens is 435 g/mol. The Bertz CT molecular complexity index is 547. The monoisotopic (exact) mass is 464 g/mol. The molecule has 2 heterocycles. The Labute approximate surface area is 166 Å². The van der Waals surface area contributed by atoms with Gasteiger partial charge in [0.05, 0.1) is 6.54 Å². The fraction of sp³-hybridized carbons (Fsp3) is 0.647. The number of carbonyl (C=O) groups excluding carboxylic acids is 1. The number of carbonyl (C=O) groups is 1. The van der Waals surface area contributed by atoms with Crippen molar-refractivity contribution in [2.45, 2.75) is 33.2 Å². The molecule has 1 fully saturated rings.